The molecule has 2 N–H and O–H groups in total. The van der Waals surface area contributed by atoms with E-state index in [1.54, 1.807) is 18.2 Å². The highest BCUT2D eigenvalue weighted by atomic mass is 35.5. The summed E-state index contributed by atoms with van der Waals surface area (Å²) in [5.74, 6) is 0.632. The number of benzene rings is 1. The van der Waals surface area contributed by atoms with E-state index >= 15 is 0 Å². The molecule has 0 fully saturated rings. The van der Waals surface area contributed by atoms with Crippen molar-refractivity contribution < 1.29 is 8.42 Å². The molecule has 0 spiro atoms. The van der Waals surface area contributed by atoms with Gasteiger partial charge in [-0.15, -0.1) is 11.8 Å². The zero-order chi connectivity index (χ0) is 11.5. The van der Waals surface area contributed by atoms with Crippen molar-refractivity contribution in [3.05, 3.63) is 23.2 Å². The lowest BCUT2D eigenvalue weighted by Gasteiger charge is -2.04. The highest BCUT2D eigenvalue weighted by Crippen LogP contribution is 2.27. The van der Waals surface area contributed by atoms with Gasteiger partial charge in [0.05, 0.1) is 5.75 Å². The van der Waals surface area contributed by atoms with Crippen molar-refractivity contribution in [1.82, 2.24) is 0 Å². The fourth-order valence-electron chi connectivity index (χ4n) is 0.936. The minimum atomic E-state index is -2.91. The van der Waals surface area contributed by atoms with Gasteiger partial charge in [0.1, 0.15) is 9.84 Å². The second-order valence-electron chi connectivity index (χ2n) is 3.16. The van der Waals surface area contributed by atoms with Crippen LogP contribution in [0.5, 0.6) is 0 Å². The third kappa shape index (κ3) is 4.77. The molecule has 0 aliphatic heterocycles. The van der Waals surface area contributed by atoms with E-state index in [-0.39, 0.29) is 5.75 Å². The number of hydrogen-bond donors (Lipinski definition) is 1. The third-order valence-electron chi connectivity index (χ3n) is 1.69. The first-order valence-corrected chi connectivity index (χ1v) is 7.66. The van der Waals surface area contributed by atoms with Crippen LogP contribution in [0.25, 0.3) is 0 Å². The van der Waals surface area contributed by atoms with Crippen LogP contribution in [0.3, 0.4) is 0 Å². The number of halogens is 1. The van der Waals surface area contributed by atoms with Gasteiger partial charge in [-0.1, -0.05) is 11.6 Å². The fraction of sp³-hybridized carbons (Fsp3) is 0.333. The molecule has 0 saturated carbocycles. The number of sulfone groups is 1. The van der Waals surface area contributed by atoms with Crippen molar-refractivity contribution in [2.45, 2.75) is 4.90 Å². The number of thioether (sulfide) groups is 1. The van der Waals surface area contributed by atoms with E-state index < -0.39 is 9.84 Å². The lowest BCUT2D eigenvalue weighted by Crippen LogP contribution is -2.05. The van der Waals surface area contributed by atoms with E-state index in [0.717, 1.165) is 4.90 Å². The normalized spacial score (nSPS) is 11.6. The van der Waals surface area contributed by atoms with Crippen LogP contribution in [0.15, 0.2) is 23.1 Å². The van der Waals surface area contributed by atoms with Crippen LogP contribution in [0.4, 0.5) is 5.69 Å². The van der Waals surface area contributed by atoms with Gasteiger partial charge in [0.25, 0.3) is 0 Å². The molecule has 6 heteroatoms. The molecule has 0 heterocycles. The van der Waals surface area contributed by atoms with Crippen LogP contribution in [-0.2, 0) is 9.84 Å². The molecule has 0 aromatic heterocycles. The van der Waals surface area contributed by atoms with E-state index in [4.69, 9.17) is 17.3 Å². The highest BCUT2D eigenvalue weighted by Gasteiger charge is 2.05. The molecule has 84 valence electrons. The van der Waals surface area contributed by atoms with E-state index in [1.165, 1.54) is 18.0 Å². The molecule has 1 aromatic carbocycles. The van der Waals surface area contributed by atoms with E-state index in [9.17, 15) is 8.42 Å². The van der Waals surface area contributed by atoms with E-state index in [2.05, 4.69) is 0 Å². The maximum atomic E-state index is 10.9. The monoisotopic (exact) mass is 265 g/mol. The fourth-order valence-corrected chi connectivity index (χ4v) is 3.38. The molecule has 0 aliphatic carbocycles. The molecule has 3 nitrogen and oxygen atoms in total. The summed E-state index contributed by atoms with van der Waals surface area (Å²) in [5, 5.41) is 0.603. The van der Waals surface area contributed by atoms with Crippen molar-refractivity contribution in [3.63, 3.8) is 0 Å². The summed E-state index contributed by atoms with van der Waals surface area (Å²) in [6.07, 6.45) is 1.22. The second kappa shape index (κ2) is 5.09. The maximum Gasteiger partial charge on any atom is 0.148 e. The summed E-state index contributed by atoms with van der Waals surface area (Å²) < 4.78 is 21.8. The van der Waals surface area contributed by atoms with Gasteiger partial charge in [-0.2, -0.15) is 0 Å². The zero-order valence-electron chi connectivity index (χ0n) is 8.23. The Balaban J connectivity index is 2.61. The first kappa shape index (κ1) is 12.7. The molecule has 0 saturated heterocycles. The lowest BCUT2D eigenvalue weighted by atomic mass is 10.3. The molecule has 0 bridgehead atoms. The standard InChI is InChI=1S/C9H12ClNO2S2/c1-15(12,13)5-4-14-9-6-7(10)2-3-8(9)11/h2-3,6H,4-5,11H2,1H3. The molecule has 0 radical (unpaired) electrons. The Bertz CT molecular complexity index is 445. The number of hydrogen-bond acceptors (Lipinski definition) is 4. The van der Waals surface area contributed by atoms with Crippen LogP contribution >= 0.6 is 23.4 Å². The van der Waals surface area contributed by atoms with Crippen molar-refractivity contribution in [1.29, 1.82) is 0 Å². The highest BCUT2D eigenvalue weighted by molar-refractivity contribution is 8.00. The summed E-state index contributed by atoms with van der Waals surface area (Å²) in [6.45, 7) is 0. The number of rotatable bonds is 4. The Morgan fingerprint density at radius 2 is 2.13 bits per heavy atom. The summed E-state index contributed by atoms with van der Waals surface area (Å²) in [7, 11) is -2.91. The minimum absolute atomic E-state index is 0.142. The van der Waals surface area contributed by atoms with Crippen LogP contribution < -0.4 is 5.73 Å². The molecule has 15 heavy (non-hydrogen) atoms. The van der Waals surface area contributed by atoms with Gasteiger partial charge >= 0.3 is 0 Å². The molecule has 0 aliphatic rings. The first-order valence-electron chi connectivity index (χ1n) is 4.24. The van der Waals surface area contributed by atoms with Crippen molar-refractivity contribution in [2.75, 3.05) is 23.5 Å². The van der Waals surface area contributed by atoms with Gasteiger partial charge in [0.2, 0.25) is 0 Å². The van der Waals surface area contributed by atoms with Crippen LogP contribution in [0, 0.1) is 0 Å². The molecule has 0 atom stereocenters. The minimum Gasteiger partial charge on any atom is -0.398 e. The quantitative estimate of drug-likeness (QED) is 0.669. The van der Waals surface area contributed by atoms with Crippen molar-refractivity contribution in [2.24, 2.45) is 0 Å². The number of anilines is 1. The van der Waals surface area contributed by atoms with E-state index in [1.807, 2.05) is 0 Å². The smallest absolute Gasteiger partial charge is 0.148 e. The van der Waals surface area contributed by atoms with Crippen molar-refractivity contribution in [3.8, 4) is 0 Å². The molecular formula is C9H12ClNO2S2. The topological polar surface area (TPSA) is 60.2 Å². The summed E-state index contributed by atoms with van der Waals surface area (Å²) >= 11 is 7.20. The van der Waals surface area contributed by atoms with Gasteiger partial charge in [-0.25, -0.2) is 8.42 Å². The molecular weight excluding hydrogens is 254 g/mol. The SMILES string of the molecule is CS(=O)(=O)CCSc1cc(Cl)ccc1N. The predicted octanol–water partition coefficient (Wildman–Crippen LogP) is 2.06. The Kier molecular flexibility index (Phi) is 4.31. The number of nitrogen functional groups attached to an aromatic ring is 1. The predicted molar refractivity (Wildman–Crippen MR) is 66.3 cm³/mol. The average molecular weight is 266 g/mol. The van der Waals surface area contributed by atoms with Crippen LogP contribution in [-0.4, -0.2) is 26.2 Å². The largest absolute Gasteiger partial charge is 0.398 e. The number of nitrogens with two attached hydrogens (primary N) is 1. The summed E-state index contributed by atoms with van der Waals surface area (Å²) in [6, 6.07) is 5.16. The summed E-state index contributed by atoms with van der Waals surface area (Å²) in [5.41, 5.74) is 6.33. The van der Waals surface area contributed by atoms with Crippen LogP contribution in [0.1, 0.15) is 0 Å². The zero-order valence-corrected chi connectivity index (χ0v) is 10.6. The Labute approximate surface area is 98.9 Å². The first-order chi connectivity index (χ1) is 6.88. The molecule has 0 unspecified atom stereocenters. The van der Waals surface area contributed by atoms with Gasteiger partial charge in [0, 0.05) is 27.6 Å². The van der Waals surface area contributed by atoms with Crippen molar-refractivity contribution >= 4 is 38.9 Å². The Morgan fingerprint density at radius 1 is 1.47 bits per heavy atom. The summed E-state index contributed by atoms with van der Waals surface area (Å²) in [4.78, 5) is 0.825. The average Bonchev–Trinajstić information content (AvgIpc) is 2.09. The van der Waals surface area contributed by atoms with Gasteiger partial charge in [-0.05, 0) is 18.2 Å². The second-order valence-corrected chi connectivity index (χ2v) is 6.99. The molecule has 1 rings (SSSR count). The lowest BCUT2D eigenvalue weighted by molar-refractivity contribution is 0.603. The van der Waals surface area contributed by atoms with E-state index in [0.29, 0.717) is 16.5 Å². The van der Waals surface area contributed by atoms with Crippen LogP contribution in [0.2, 0.25) is 5.02 Å². The Hall–Kier alpha value is -0.390. The van der Waals surface area contributed by atoms with Gasteiger partial charge in [0.15, 0.2) is 0 Å². The maximum absolute atomic E-state index is 10.9. The molecule has 0 amide bonds. The molecule has 1 aromatic rings. The third-order valence-corrected chi connectivity index (χ3v) is 4.20. The Morgan fingerprint density at radius 3 is 2.73 bits per heavy atom. The van der Waals surface area contributed by atoms with Gasteiger partial charge < -0.3 is 5.73 Å². The van der Waals surface area contributed by atoms with Gasteiger partial charge in [-0.3, -0.25) is 0 Å².